The molecule has 2 N–H and O–H groups in total. The number of nitrogens with two attached hydrogens (primary N) is 1. The molecule has 0 aromatic carbocycles. The second kappa shape index (κ2) is 3.91. The summed E-state index contributed by atoms with van der Waals surface area (Å²) in [6.07, 6.45) is 4.78. The van der Waals surface area contributed by atoms with E-state index in [1.54, 1.807) is 31.8 Å². The summed E-state index contributed by atoms with van der Waals surface area (Å²) < 4.78 is 4.95. The minimum absolute atomic E-state index is 0.542. The third-order valence-corrected chi connectivity index (χ3v) is 1.88. The van der Waals surface area contributed by atoms with Gasteiger partial charge >= 0.3 is 0 Å². The SMILES string of the molecule is COc1ccc(-c2ncc(N)cn2)cn1. The Morgan fingerprint density at radius 3 is 2.33 bits per heavy atom. The molecule has 0 aliphatic rings. The van der Waals surface area contributed by atoms with Gasteiger partial charge < -0.3 is 10.5 Å². The Labute approximate surface area is 87.0 Å². The molecule has 0 bridgehead atoms. The number of methoxy groups -OCH3 is 1. The number of hydrogen-bond donors (Lipinski definition) is 1. The van der Waals surface area contributed by atoms with Crippen molar-refractivity contribution in [2.75, 3.05) is 12.8 Å². The summed E-state index contributed by atoms with van der Waals surface area (Å²) in [5.74, 6) is 1.16. The fourth-order valence-corrected chi connectivity index (χ4v) is 1.12. The highest BCUT2D eigenvalue weighted by molar-refractivity contribution is 5.54. The van der Waals surface area contributed by atoms with Gasteiger partial charge in [-0.15, -0.1) is 0 Å². The predicted molar refractivity (Wildman–Crippen MR) is 56.2 cm³/mol. The number of nitrogen functional groups attached to an aromatic ring is 1. The Morgan fingerprint density at radius 2 is 1.80 bits per heavy atom. The number of anilines is 1. The van der Waals surface area contributed by atoms with Gasteiger partial charge in [-0.05, 0) is 6.07 Å². The fourth-order valence-electron chi connectivity index (χ4n) is 1.12. The van der Waals surface area contributed by atoms with Crippen LogP contribution in [0.1, 0.15) is 0 Å². The summed E-state index contributed by atoms with van der Waals surface area (Å²) in [6.45, 7) is 0. The van der Waals surface area contributed by atoms with E-state index < -0.39 is 0 Å². The van der Waals surface area contributed by atoms with E-state index >= 15 is 0 Å². The van der Waals surface area contributed by atoms with Gasteiger partial charge in [0.25, 0.3) is 0 Å². The Kier molecular flexibility index (Phi) is 2.45. The third kappa shape index (κ3) is 2.01. The summed E-state index contributed by atoms with van der Waals surface area (Å²) in [6, 6.07) is 3.60. The molecule has 0 atom stereocenters. The topological polar surface area (TPSA) is 73.9 Å². The molecule has 0 spiro atoms. The molecule has 0 saturated heterocycles. The monoisotopic (exact) mass is 202 g/mol. The van der Waals surface area contributed by atoms with E-state index in [1.807, 2.05) is 6.07 Å². The quantitative estimate of drug-likeness (QED) is 0.790. The third-order valence-electron chi connectivity index (χ3n) is 1.88. The molecule has 76 valence electrons. The lowest BCUT2D eigenvalue weighted by atomic mass is 10.2. The van der Waals surface area contributed by atoms with Crippen LogP contribution in [-0.2, 0) is 0 Å². The zero-order valence-corrected chi connectivity index (χ0v) is 8.21. The first-order valence-electron chi connectivity index (χ1n) is 4.37. The summed E-state index contributed by atoms with van der Waals surface area (Å²) in [7, 11) is 1.57. The van der Waals surface area contributed by atoms with Crippen LogP contribution in [0.3, 0.4) is 0 Å². The molecule has 5 nitrogen and oxygen atoms in total. The lowest BCUT2D eigenvalue weighted by molar-refractivity contribution is 0.398. The molecule has 0 aliphatic carbocycles. The number of pyridine rings is 1. The molecule has 15 heavy (non-hydrogen) atoms. The Balaban J connectivity index is 2.33. The Morgan fingerprint density at radius 1 is 1.07 bits per heavy atom. The van der Waals surface area contributed by atoms with Crippen molar-refractivity contribution < 1.29 is 4.74 Å². The number of hydrogen-bond acceptors (Lipinski definition) is 5. The molecule has 2 rings (SSSR count). The highest BCUT2D eigenvalue weighted by Gasteiger charge is 2.01. The van der Waals surface area contributed by atoms with Gasteiger partial charge in [-0.25, -0.2) is 15.0 Å². The van der Waals surface area contributed by atoms with Crippen molar-refractivity contribution in [3.05, 3.63) is 30.7 Å². The molecule has 0 fully saturated rings. The van der Waals surface area contributed by atoms with Gasteiger partial charge in [-0.2, -0.15) is 0 Å². The van der Waals surface area contributed by atoms with E-state index in [0.717, 1.165) is 5.56 Å². The molecular formula is C10H10N4O. The van der Waals surface area contributed by atoms with Crippen molar-refractivity contribution in [1.82, 2.24) is 15.0 Å². The van der Waals surface area contributed by atoms with E-state index in [1.165, 1.54) is 0 Å². The molecular weight excluding hydrogens is 192 g/mol. The Hall–Kier alpha value is -2.17. The van der Waals surface area contributed by atoms with Gasteiger partial charge in [0.15, 0.2) is 5.82 Å². The fraction of sp³-hybridized carbons (Fsp3) is 0.100. The first-order valence-corrected chi connectivity index (χ1v) is 4.37. The van der Waals surface area contributed by atoms with Crippen molar-refractivity contribution in [3.63, 3.8) is 0 Å². The van der Waals surface area contributed by atoms with Gasteiger partial charge in [-0.3, -0.25) is 0 Å². The number of ether oxygens (including phenoxy) is 1. The smallest absolute Gasteiger partial charge is 0.212 e. The summed E-state index contributed by atoms with van der Waals surface area (Å²) >= 11 is 0. The van der Waals surface area contributed by atoms with Crippen LogP contribution in [0, 0.1) is 0 Å². The molecule has 0 unspecified atom stereocenters. The number of nitrogens with zero attached hydrogens (tertiary/aromatic N) is 3. The Bertz CT molecular complexity index is 438. The van der Waals surface area contributed by atoms with Crippen LogP contribution in [-0.4, -0.2) is 22.1 Å². The minimum Gasteiger partial charge on any atom is -0.481 e. The van der Waals surface area contributed by atoms with Crippen molar-refractivity contribution >= 4 is 5.69 Å². The van der Waals surface area contributed by atoms with E-state index in [2.05, 4.69) is 15.0 Å². The van der Waals surface area contributed by atoms with Crippen LogP contribution < -0.4 is 10.5 Å². The normalized spacial score (nSPS) is 9.93. The first-order chi connectivity index (χ1) is 7.29. The molecule has 2 aromatic heterocycles. The van der Waals surface area contributed by atoms with E-state index in [-0.39, 0.29) is 0 Å². The average Bonchev–Trinajstić information content (AvgIpc) is 2.30. The number of rotatable bonds is 2. The molecule has 0 saturated carbocycles. The second-order valence-corrected chi connectivity index (χ2v) is 2.93. The largest absolute Gasteiger partial charge is 0.481 e. The molecule has 2 heterocycles. The molecule has 0 radical (unpaired) electrons. The van der Waals surface area contributed by atoms with E-state index in [0.29, 0.717) is 17.4 Å². The van der Waals surface area contributed by atoms with Gasteiger partial charge in [0, 0.05) is 17.8 Å². The van der Waals surface area contributed by atoms with Gasteiger partial charge in [0.2, 0.25) is 5.88 Å². The van der Waals surface area contributed by atoms with Crippen molar-refractivity contribution in [1.29, 1.82) is 0 Å². The van der Waals surface area contributed by atoms with E-state index in [4.69, 9.17) is 10.5 Å². The number of aromatic nitrogens is 3. The van der Waals surface area contributed by atoms with E-state index in [9.17, 15) is 0 Å². The standard InChI is InChI=1S/C10H10N4O/c1-15-9-3-2-7(4-12-9)10-13-5-8(11)6-14-10/h2-6H,11H2,1H3. The van der Waals surface area contributed by atoms with Crippen LogP contribution in [0.15, 0.2) is 30.7 Å². The van der Waals surface area contributed by atoms with Gasteiger partial charge in [0.05, 0.1) is 25.2 Å². The average molecular weight is 202 g/mol. The molecule has 2 aromatic rings. The van der Waals surface area contributed by atoms with Crippen LogP contribution in [0.5, 0.6) is 5.88 Å². The second-order valence-electron chi connectivity index (χ2n) is 2.93. The lowest BCUT2D eigenvalue weighted by Gasteiger charge is -2.01. The molecule has 5 heteroatoms. The van der Waals surface area contributed by atoms with Gasteiger partial charge in [-0.1, -0.05) is 0 Å². The van der Waals surface area contributed by atoms with Crippen molar-refractivity contribution in [3.8, 4) is 17.3 Å². The highest BCUT2D eigenvalue weighted by Crippen LogP contribution is 2.15. The van der Waals surface area contributed by atoms with Crippen molar-refractivity contribution in [2.24, 2.45) is 0 Å². The lowest BCUT2D eigenvalue weighted by Crippen LogP contribution is -1.93. The molecule has 0 amide bonds. The van der Waals surface area contributed by atoms with Crippen LogP contribution in [0.25, 0.3) is 11.4 Å². The van der Waals surface area contributed by atoms with Crippen LogP contribution in [0.4, 0.5) is 5.69 Å². The maximum Gasteiger partial charge on any atom is 0.212 e. The summed E-state index contributed by atoms with van der Waals surface area (Å²) in [5, 5.41) is 0. The summed E-state index contributed by atoms with van der Waals surface area (Å²) in [5.41, 5.74) is 6.86. The van der Waals surface area contributed by atoms with Crippen molar-refractivity contribution in [2.45, 2.75) is 0 Å². The maximum absolute atomic E-state index is 5.49. The zero-order chi connectivity index (χ0) is 10.7. The van der Waals surface area contributed by atoms with Gasteiger partial charge in [0.1, 0.15) is 0 Å². The van der Waals surface area contributed by atoms with Crippen LogP contribution in [0.2, 0.25) is 0 Å². The molecule has 0 aliphatic heterocycles. The van der Waals surface area contributed by atoms with Crippen LogP contribution >= 0.6 is 0 Å². The predicted octanol–water partition coefficient (Wildman–Crippen LogP) is 1.13. The first kappa shape index (κ1) is 9.39. The maximum atomic E-state index is 5.49. The zero-order valence-electron chi connectivity index (χ0n) is 8.21. The summed E-state index contributed by atoms with van der Waals surface area (Å²) in [4.78, 5) is 12.2. The highest BCUT2D eigenvalue weighted by atomic mass is 16.5. The minimum atomic E-state index is 0.542.